The first-order chi connectivity index (χ1) is 5.47. The van der Waals surface area contributed by atoms with Crippen molar-refractivity contribution in [1.82, 2.24) is 4.72 Å². The van der Waals surface area contributed by atoms with E-state index in [1.807, 2.05) is 0 Å². The molecule has 0 unspecified atom stereocenters. The highest BCUT2D eigenvalue weighted by Gasteiger charge is 2.03. The summed E-state index contributed by atoms with van der Waals surface area (Å²) in [6.45, 7) is 1.87. The standard InChI is InChI=1S/C6H10N2O3S/c1-5-2-3-6(11-5)4-8-12(7,9)10/h2-3,8H,4H2,1H3,(H2,7,9,10). The predicted octanol–water partition coefficient (Wildman–Crippen LogP) is -0.119. The minimum atomic E-state index is -3.62. The molecule has 6 heteroatoms. The molecule has 0 aliphatic carbocycles. The zero-order chi connectivity index (χ0) is 9.19. The Balaban J connectivity index is 2.55. The van der Waals surface area contributed by atoms with E-state index in [0.717, 1.165) is 5.76 Å². The molecule has 0 amide bonds. The van der Waals surface area contributed by atoms with Crippen LogP contribution in [0, 0.1) is 6.92 Å². The molecule has 0 aliphatic rings. The molecule has 0 fully saturated rings. The van der Waals surface area contributed by atoms with Gasteiger partial charge in [0.15, 0.2) is 0 Å². The van der Waals surface area contributed by atoms with Crippen LogP contribution in [0.2, 0.25) is 0 Å². The summed E-state index contributed by atoms with van der Waals surface area (Å²) in [5.74, 6) is 1.28. The van der Waals surface area contributed by atoms with E-state index in [4.69, 9.17) is 9.56 Å². The zero-order valence-electron chi connectivity index (χ0n) is 6.57. The quantitative estimate of drug-likeness (QED) is 0.696. The van der Waals surface area contributed by atoms with Gasteiger partial charge in [-0.15, -0.1) is 0 Å². The fourth-order valence-electron chi connectivity index (χ4n) is 0.752. The topological polar surface area (TPSA) is 85.3 Å². The van der Waals surface area contributed by atoms with Crippen molar-refractivity contribution in [3.8, 4) is 0 Å². The number of nitrogens with two attached hydrogens (primary N) is 1. The first-order valence-electron chi connectivity index (χ1n) is 3.30. The lowest BCUT2D eigenvalue weighted by Gasteiger charge is -1.97. The fourth-order valence-corrected chi connectivity index (χ4v) is 1.10. The number of furan rings is 1. The van der Waals surface area contributed by atoms with Crippen LogP contribution in [0.3, 0.4) is 0 Å². The Morgan fingerprint density at radius 3 is 2.67 bits per heavy atom. The van der Waals surface area contributed by atoms with E-state index in [2.05, 4.69) is 4.72 Å². The van der Waals surface area contributed by atoms with Crippen molar-refractivity contribution >= 4 is 10.2 Å². The molecule has 0 bridgehead atoms. The number of rotatable bonds is 3. The van der Waals surface area contributed by atoms with Gasteiger partial charge in [-0.1, -0.05) is 0 Å². The highest BCUT2D eigenvalue weighted by molar-refractivity contribution is 7.87. The van der Waals surface area contributed by atoms with Gasteiger partial charge in [-0.2, -0.15) is 13.1 Å². The first kappa shape index (κ1) is 9.24. The number of hydrogen-bond acceptors (Lipinski definition) is 3. The molecular weight excluding hydrogens is 180 g/mol. The Hall–Kier alpha value is -0.850. The second-order valence-corrected chi connectivity index (χ2v) is 3.76. The predicted molar refractivity (Wildman–Crippen MR) is 43.4 cm³/mol. The van der Waals surface area contributed by atoms with Gasteiger partial charge in [-0.25, -0.2) is 5.14 Å². The van der Waals surface area contributed by atoms with E-state index in [1.54, 1.807) is 19.1 Å². The molecule has 0 saturated heterocycles. The van der Waals surface area contributed by atoms with Crippen LogP contribution in [-0.4, -0.2) is 8.42 Å². The largest absolute Gasteiger partial charge is 0.465 e. The van der Waals surface area contributed by atoms with Crippen LogP contribution in [0.4, 0.5) is 0 Å². The van der Waals surface area contributed by atoms with Crippen molar-refractivity contribution in [2.45, 2.75) is 13.5 Å². The average molecular weight is 190 g/mol. The molecule has 0 spiro atoms. The van der Waals surface area contributed by atoms with Crippen LogP contribution in [0.15, 0.2) is 16.5 Å². The Kier molecular flexibility index (Phi) is 2.51. The maximum absolute atomic E-state index is 10.4. The molecule has 0 saturated carbocycles. The van der Waals surface area contributed by atoms with Gasteiger partial charge in [0.1, 0.15) is 11.5 Å². The summed E-state index contributed by atoms with van der Waals surface area (Å²) >= 11 is 0. The normalized spacial score (nSPS) is 11.8. The lowest BCUT2D eigenvalue weighted by molar-refractivity contribution is 0.475. The minimum absolute atomic E-state index is 0.0900. The summed E-state index contributed by atoms with van der Waals surface area (Å²) < 4.78 is 28.1. The van der Waals surface area contributed by atoms with Crippen molar-refractivity contribution in [3.05, 3.63) is 23.7 Å². The molecular formula is C6H10N2O3S. The first-order valence-corrected chi connectivity index (χ1v) is 4.85. The molecule has 3 N–H and O–H groups in total. The van der Waals surface area contributed by atoms with Crippen LogP contribution in [0.5, 0.6) is 0 Å². The molecule has 68 valence electrons. The van der Waals surface area contributed by atoms with Crippen molar-refractivity contribution in [2.75, 3.05) is 0 Å². The third-order valence-corrected chi connectivity index (χ3v) is 1.79. The second-order valence-electron chi connectivity index (χ2n) is 2.38. The molecule has 0 radical (unpaired) electrons. The molecule has 12 heavy (non-hydrogen) atoms. The van der Waals surface area contributed by atoms with E-state index < -0.39 is 10.2 Å². The lowest BCUT2D eigenvalue weighted by atomic mass is 10.4. The van der Waals surface area contributed by atoms with E-state index in [0.29, 0.717) is 5.76 Å². The van der Waals surface area contributed by atoms with Crippen LogP contribution in [-0.2, 0) is 16.8 Å². The van der Waals surface area contributed by atoms with Gasteiger partial charge in [-0.05, 0) is 19.1 Å². The maximum atomic E-state index is 10.4. The molecule has 1 rings (SSSR count). The van der Waals surface area contributed by atoms with E-state index in [1.165, 1.54) is 0 Å². The van der Waals surface area contributed by atoms with Gasteiger partial charge in [0, 0.05) is 0 Å². The molecule has 1 aromatic rings. The van der Waals surface area contributed by atoms with Gasteiger partial charge in [0.25, 0.3) is 10.2 Å². The molecule has 0 aromatic carbocycles. The van der Waals surface area contributed by atoms with Crippen molar-refractivity contribution in [3.63, 3.8) is 0 Å². The number of aryl methyl sites for hydroxylation is 1. The summed E-state index contributed by atoms with van der Waals surface area (Å²) in [5, 5.41) is 4.71. The highest BCUT2D eigenvalue weighted by atomic mass is 32.2. The third kappa shape index (κ3) is 3.04. The smallest absolute Gasteiger partial charge is 0.274 e. The molecule has 0 aliphatic heterocycles. The van der Waals surface area contributed by atoms with E-state index in [9.17, 15) is 8.42 Å². The monoisotopic (exact) mass is 190 g/mol. The zero-order valence-corrected chi connectivity index (χ0v) is 7.39. The van der Waals surface area contributed by atoms with Crippen LogP contribution >= 0.6 is 0 Å². The van der Waals surface area contributed by atoms with E-state index >= 15 is 0 Å². The summed E-state index contributed by atoms with van der Waals surface area (Å²) in [7, 11) is -3.62. The average Bonchev–Trinajstić information content (AvgIpc) is 2.30. The van der Waals surface area contributed by atoms with Gasteiger partial charge in [0.2, 0.25) is 0 Å². The number of hydrogen-bond donors (Lipinski definition) is 2. The van der Waals surface area contributed by atoms with Gasteiger partial charge < -0.3 is 4.42 Å². The van der Waals surface area contributed by atoms with Crippen molar-refractivity contribution < 1.29 is 12.8 Å². The third-order valence-electron chi connectivity index (χ3n) is 1.24. The Morgan fingerprint density at radius 2 is 2.25 bits per heavy atom. The summed E-state index contributed by atoms with van der Waals surface area (Å²) in [6, 6.07) is 3.44. The van der Waals surface area contributed by atoms with Crippen LogP contribution < -0.4 is 9.86 Å². The van der Waals surface area contributed by atoms with Crippen LogP contribution in [0.1, 0.15) is 11.5 Å². The minimum Gasteiger partial charge on any atom is -0.465 e. The van der Waals surface area contributed by atoms with Crippen molar-refractivity contribution in [2.24, 2.45) is 5.14 Å². The summed E-state index contributed by atoms with van der Waals surface area (Å²) in [4.78, 5) is 0. The Bertz CT molecular complexity index is 355. The van der Waals surface area contributed by atoms with Crippen LogP contribution in [0.25, 0.3) is 0 Å². The molecule has 5 nitrogen and oxygen atoms in total. The fraction of sp³-hybridized carbons (Fsp3) is 0.333. The van der Waals surface area contributed by atoms with Gasteiger partial charge >= 0.3 is 0 Å². The molecule has 1 aromatic heterocycles. The number of nitrogens with one attached hydrogen (secondary N) is 1. The SMILES string of the molecule is Cc1ccc(CNS(N)(=O)=O)o1. The maximum Gasteiger partial charge on any atom is 0.274 e. The highest BCUT2D eigenvalue weighted by Crippen LogP contribution is 2.05. The molecule has 0 atom stereocenters. The van der Waals surface area contributed by atoms with E-state index in [-0.39, 0.29) is 6.54 Å². The second kappa shape index (κ2) is 3.26. The summed E-state index contributed by atoms with van der Waals surface area (Å²) in [5.41, 5.74) is 0. The van der Waals surface area contributed by atoms with Gasteiger partial charge in [-0.3, -0.25) is 0 Å². The lowest BCUT2D eigenvalue weighted by Crippen LogP contribution is -2.30. The Labute approximate surface area is 70.7 Å². The van der Waals surface area contributed by atoms with Gasteiger partial charge in [0.05, 0.1) is 6.54 Å². The molecule has 1 heterocycles. The van der Waals surface area contributed by atoms with Crippen molar-refractivity contribution in [1.29, 1.82) is 0 Å². The Morgan fingerprint density at radius 1 is 1.58 bits per heavy atom. The summed E-state index contributed by atoms with van der Waals surface area (Å²) in [6.07, 6.45) is 0.